The molecule has 0 aliphatic carbocycles. The number of carbonyl (C=O) groups excluding carboxylic acids is 1. The van der Waals surface area contributed by atoms with Gasteiger partial charge < -0.3 is 4.74 Å². The van der Waals surface area contributed by atoms with E-state index in [0.29, 0.717) is 0 Å². The Labute approximate surface area is 79.5 Å². The van der Waals surface area contributed by atoms with E-state index in [0.717, 1.165) is 4.68 Å². The second kappa shape index (κ2) is 4.17. The van der Waals surface area contributed by atoms with Crippen molar-refractivity contribution in [2.24, 2.45) is 7.05 Å². The van der Waals surface area contributed by atoms with Gasteiger partial charge in [0.15, 0.2) is 0 Å². The summed E-state index contributed by atoms with van der Waals surface area (Å²) in [5, 5.41) is 3.48. The van der Waals surface area contributed by atoms with Gasteiger partial charge in [0.05, 0.1) is 6.61 Å². The molecule has 6 heteroatoms. The Bertz CT molecular complexity index is 336. The third-order valence-electron chi connectivity index (χ3n) is 1.56. The van der Waals surface area contributed by atoms with Crippen LogP contribution in [0.1, 0.15) is 29.4 Å². The first-order chi connectivity index (χ1) is 6.56. The zero-order valence-electron chi connectivity index (χ0n) is 7.83. The summed E-state index contributed by atoms with van der Waals surface area (Å²) in [5.41, 5.74) is -0.713. The van der Waals surface area contributed by atoms with E-state index < -0.39 is 18.1 Å². The standard InChI is InChI=1S/C8H10F2N2O2/c1-3-14-8(13)5-4-12(2)11-6(5)7(9)10/h4,7H,3H2,1-2H3. The average molecular weight is 204 g/mol. The van der Waals surface area contributed by atoms with Crippen LogP contribution in [-0.4, -0.2) is 22.4 Å². The number of halogens is 2. The molecule has 0 saturated carbocycles. The predicted molar refractivity (Wildman–Crippen MR) is 44.1 cm³/mol. The van der Waals surface area contributed by atoms with Crippen molar-refractivity contribution >= 4 is 5.97 Å². The number of aryl methyl sites for hydroxylation is 1. The maximum Gasteiger partial charge on any atom is 0.341 e. The zero-order valence-corrected chi connectivity index (χ0v) is 7.83. The smallest absolute Gasteiger partial charge is 0.341 e. The van der Waals surface area contributed by atoms with E-state index in [1.165, 1.54) is 13.2 Å². The molecule has 14 heavy (non-hydrogen) atoms. The summed E-state index contributed by atoms with van der Waals surface area (Å²) in [6.07, 6.45) is -1.55. The molecule has 0 saturated heterocycles. The predicted octanol–water partition coefficient (Wildman–Crippen LogP) is 1.53. The van der Waals surface area contributed by atoms with E-state index in [1.807, 2.05) is 0 Å². The van der Waals surface area contributed by atoms with Gasteiger partial charge in [0, 0.05) is 13.2 Å². The molecule has 0 radical (unpaired) electrons. The van der Waals surface area contributed by atoms with Gasteiger partial charge in [0.2, 0.25) is 0 Å². The van der Waals surface area contributed by atoms with Gasteiger partial charge in [0.1, 0.15) is 11.3 Å². The monoisotopic (exact) mass is 204 g/mol. The SMILES string of the molecule is CCOC(=O)c1cn(C)nc1C(F)F. The maximum absolute atomic E-state index is 12.4. The fourth-order valence-electron chi connectivity index (χ4n) is 1.03. The molecule has 1 heterocycles. The van der Waals surface area contributed by atoms with Crippen LogP contribution in [0.25, 0.3) is 0 Å². The molecule has 1 aromatic heterocycles. The molecule has 4 nitrogen and oxygen atoms in total. The van der Waals surface area contributed by atoms with Gasteiger partial charge >= 0.3 is 5.97 Å². The Balaban J connectivity index is 3.00. The molecule has 0 unspecified atom stereocenters. The molecule has 0 N–H and O–H groups in total. The molecular weight excluding hydrogens is 194 g/mol. The molecule has 0 aliphatic rings. The Kier molecular flexibility index (Phi) is 3.16. The van der Waals surface area contributed by atoms with Gasteiger partial charge in [-0.3, -0.25) is 4.68 Å². The minimum absolute atomic E-state index is 0.149. The van der Waals surface area contributed by atoms with Crippen LogP contribution in [0.2, 0.25) is 0 Å². The molecule has 1 rings (SSSR count). The first kappa shape index (κ1) is 10.6. The highest BCUT2D eigenvalue weighted by Gasteiger charge is 2.23. The quantitative estimate of drug-likeness (QED) is 0.701. The van der Waals surface area contributed by atoms with E-state index in [1.54, 1.807) is 6.92 Å². The first-order valence-electron chi connectivity index (χ1n) is 4.05. The second-order valence-corrected chi connectivity index (χ2v) is 2.62. The lowest BCUT2D eigenvalue weighted by Gasteiger charge is -2.00. The van der Waals surface area contributed by atoms with Crippen LogP contribution < -0.4 is 0 Å². The molecule has 0 bridgehead atoms. The lowest BCUT2D eigenvalue weighted by molar-refractivity contribution is 0.0515. The largest absolute Gasteiger partial charge is 0.462 e. The average Bonchev–Trinajstić information content (AvgIpc) is 2.48. The molecule has 0 fully saturated rings. The number of rotatable bonds is 3. The summed E-state index contributed by atoms with van der Waals surface area (Å²) < 4.78 is 30.5. The summed E-state index contributed by atoms with van der Waals surface area (Å²) in [6.45, 7) is 1.76. The van der Waals surface area contributed by atoms with Gasteiger partial charge in [0.25, 0.3) is 6.43 Å². The summed E-state index contributed by atoms with van der Waals surface area (Å²) in [5.74, 6) is -0.768. The summed E-state index contributed by atoms with van der Waals surface area (Å²) in [4.78, 5) is 11.2. The van der Waals surface area contributed by atoms with Crippen molar-refractivity contribution in [2.45, 2.75) is 13.3 Å². The van der Waals surface area contributed by atoms with E-state index in [9.17, 15) is 13.6 Å². The van der Waals surface area contributed by atoms with Crippen molar-refractivity contribution in [1.29, 1.82) is 0 Å². The van der Waals surface area contributed by atoms with Gasteiger partial charge in [-0.15, -0.1) is 0 Å². The van der Waals surface area contributed by atoms with Crippen molar-refractivity contribution in [1.82, 2.24) is 9.78 Å². The molecule has 1 aromatic rings. The topological polar surface area (TPSA) is 44.1 Å². The maximum atomic E-state index is 12.4. The molecule has 0 aromatic carbocycles. The van der Waals surface area contributed by atoms with Crippen molar-refractivity contribution in [3.63, 3.8) is 0 Å². The number of esters is 1. The van der Waals surface area contributed by atoms with Crippen LogP contribution in [0.5, 0.6) is 0 Å². The van der Waals surface area contributed by atoms with Crippen LogP contribution in [-0.2, 0) is 11.8 Å². The van der Waals surface area contributed by atoms with Crippen molar-refractivity contribution in [2.75, 3.05) is 6.61 Å². The lowest BCUT2D eigenvalue weighted by atomic mass is 10.2. The Morgan fingerprint density at radius 3 is 2.86 bits per heavy atom. The number of aromatic nitrogens is 2. The summed E-state index contributed by atoms with van der Waals surface area (Å²) >= 11 is 0. The Morgan fingerprint density at radius 1 is 1.71 bits per heavy atom. The highest BCUT2D eigenvalue weighted by atomic mass is 19.3. The van der Waals surface area contributed by atoms with Gasteiger partial charge in [-0.2, -0.15) is 5.10 Å². The van der Waals surface area contributed by atoms with Crippen molar-refractivity contribution < 1.29 is 18.3 Å². The van der Waals surface area contributed by atoms with Gasteiger partial charge in [-0.25, -0.2) is 13.6 Å². The van der Waals surface area contributed by atoms with Crippen molar-refractivity contribution in [3.05, 3.63) is 17.5 Å². The number of carbonyl (C=O) groups is 1. The minimum Gasteiger partial charge on any atom is -0.462 e. The number of alkyl halides is 2. The van der Waals surface area contributed by atoms with Gasteiger partial charge in [-0.1, -0.05) is 0 Å². The van der Waals surface area contributed by atoms with E-state index in [4.69, 9.17) is 0 Å². The van der Waals surface area contributed by atoms with E-state index >= 15 is 0 Å². The van der Waals surface area contributed by atoms with Crippen LogP contribution in [0.4, 0.5) is 8.78 Å². The molecule has 0 aliphatic heterocycles. The molecular formula is C8H10F2N2O2. The van der Waals surface area contributed by atoms with Crippen LogP contribution in [0.15, 0.2) is 6.20 Å². The summed E-state index contributed by atoms with van der Waals surface area (Å²) in [7, 11) is 1.47. The second-order valence-electron chi connectivity index (χ2n) is 2.62. The van der Waals surface area contributed by atoms with Crippen LogP contribution in [0.3, 0.4) is 0 Å². The minimum atomic E-state index is -2.77. The molecule has 0 spiro atoms. The molecule has 0 atom stereocenters. The zero-order chi connectivity index (χ0) is 10.7. The Hall–Kier alpha value is -1.46. The van der Waals surface area contributed by atoms with Crippen molar-refractivity contribution in [3.8, 4) is 0 Å². The fourth-order valence-corrected chi connectivity index (χ4v) is 1.03. The normalized spacial score (nSPS) is 10.6. The van der Waals surface area contributed by atoms with E-state index in [2.05, 4.69) is 9.84 Å². The Morgan fingerprint density at radius 2 is 2.36 bits per heavy atom. The van der Waals surface area contributed by atoms with Crippen LogP contribution in [0, 0.1) is 0 Å². The number of ether oxygens (including phenoxy) is 1. The number of hydrogen-bond donors (Lipinski definition) is 0. The third kappa shape index (κ3) is 2.07. The lowest BCUT2D eigenvalue weighted by Crippen LogP contribution is -2.06. The van der Waals surface area contributed by atoms with Gasteiger partial charge in [-0.05, 0) is 6.92 Å². The van der Waals surface area contributed by atoms with E-state index in [-0.39, 0.29) is 12.2 Å². The first-order valence-corrected chi connectivity index (χ1v) is 4.05. The number of hydrogen-bond acceptors (Lipinski definition) is 3. The third-order valence-corrected chi connectivity index (χ3v) is 1.56. The highest BCUT2D eigenvalue weighted by Crippen LogP contribution is 2.21. The number of nitrogens with zero attached hydrogens (tertiary/aromatic N) is 2. The van der Waals surface area contributed by atoms with Crippen LogP contribution >= 0.6 is 0 Å². The summed E-state index contributed by atoms with van der Waals surface area (Å²) in [6, 6.07) is 0. The fraction of sp³-hybridized carbons (Fsp3) is 0.500. The molecule has 0 amide bonds. The highest BCUT2D eigenvalue weighted by molar-refractivity contribution is 5.90. The molecule has 78 valence electrons.